The number of Topliss-reactive ketones (excluding diaryl/α,β-unsaturated/α-hetero) is 1. The second-order valence-corrected chi connectivity index (χ2v) is 3.79. The van der Waals surface area contributed by atoms with Gasteiger partial charge in [-0.25, -0.2) is 0 Å². The Morgan fingerprint density at radius 2 is 1.92 bits per heavy atom. The smallest absolute Gasteiger partial charge is 0.164 e. The molecule has 2 rings (SSSR count). The topological polar surface area (TPSA) is 17.1 Å². The lowest BCUT2D eigenvalue weighted by Gasteiger charge is -1.98. The number of hydrogen-bond donors (Lipinski definition) is 0. The zero-order chi connectivity index (χ0) is 9.84. The van der Waals surface area contributed by atoms with Crippen LogP contribution in [0.3, 0.4) is 0 Å². The lowest BCUT2D eigenvalue weighted by atomic mass is 10.1. The van der Waals surface area contributed by atoms with Crippen LogP contribution in [0.4, 0.5) is 0 Å². The van der Waals surface area contributed by atoms with Gasteiger partial charge in [0.1, 0.15) is 0 Å². The zero-order valence-corrected chi connectivity index (χ0v) is 9.47. The third-order valence-electron chi connectivity index (χ3n) is 1.96. The van der Waals surface area contributed by atoms with Crippen LogP contribution in [-0.4, -0.2) is 5.78 Å². The molecule has 1 aliphatic rings. The molecular formula is C11H13BrO. The van der Waals surface area contributed by atoms with Gasteiger partial charge in [0.25, 0.3) is 0 Å². The fourth-order valence-electron chi connectivity index (χ4n) is 1.41. The second kappa shape index (κ2) is 4.56. The quantitative estimate of drug-likeness (QED) is 0.632. The molecule has 13 heavy (non-hydrogen) atoms. The van der Waals surface area contributed by atoms with E-state index in [2.05, 4.69) is 15.9 Å². The van der Waals surface area contributed by atoms with Gasteiger partial charge in [-0.05, 0) is 5.56 Å². The van der Waals surface area contributed by atoms with E-state index in [0.29, 0.717) is 6.42 Å². The Labute approximate surface area is 87.3 Å². The maximum absolute atomic E-state index is 11.2. The minimum Gasteiger partial charge on any atom is -0.294 e. The zero-order valence-electron chi connectivity index (χ0n) is 7.88. The molecule has 0 aliphatic heterocycles. The molecule has 1 aliphatic carbocycles. The second-order valence-electron chi connectivity index (χ2n) is 2.68. The molecule has 1 unspecified atom stereocenters. The summed E-state index contributed by atoms with van der Waals surface area (Å²) in [5, 5.41) is 0. The molecule has 0 fully saturated rings. The highest BCUT2D eigenvalue weighted by Gasteiger charge is 2.26. The van der Waals surface area contributed by atoms with Gasteiger partial charge in [0, 0.05) is 16.8 Å². The van der Waals surface area contributed by atoms with E-state index in [0.717, 1.165) is 11.1 Å². The van der Waals surface area contributed by atoms with Crippen LogP contribution in [0.15, 0.2) is 24.3 Å². The van der Waals surface area contributed by atoms with Gasteiger partial charge in [0.15, 0.2) is 5.78 Å². The van der Waals surface area contributed by atoms with E-state index in [1.807, 2.05) is 38.1 Å². The number of alkyl halides is 1. The summed E-state index contributed by atoms with van der Waals surface area (Å²) >= 11 is 3.46. The standard InChI is InChI=1S/C9H7BrO.C2H6/c10-8-5-9(11)7-4-2-1-3-6(7)8;1-2/h1-4,8H,5H2;1-2H3. The van der Waals surface area contributed by atoms with Crippen LogP contribution < -0.4 is 0 Å². The number of fused-ring (bicyclic) bond motifs is 1. The van der Waals surface area contributed by atoms with Gasteiger partial charge in [0.2, 0.25) is 0 Å². The van der Waals surface area contributed by atoms with Crippen LogP contribution in [-0.2, 0) is 0 Å². The highest BCUT2D eigenvalue weighted by Crippen LogP contribution is 2.36. The number of rotatable bonds is 0. The van der Waals surface area contributed by atoms with Gasteiger partial charge in [0.05, 0.1) is 0 Å². The largest absolute Gasteiger partial charge is 0.294 e. The normalized spacial score (nSPS) is 19.0. The van der Waals surface area contributed by atoms with Gasteiger partial charge in [-0.3, -0.25) is 4.79 Å². The minimum absolute atomic E-state index is 0.242. The van der Waals surface area contributed by atoms with E-state index >= 15 is 0 Å². The molecule has 0 saturated carbocycles. The molecule has 1 aromatic carbocycles. The Hall–Kier alpha value is -0.630. The summed E-state index contributed by atoms with van der Waals surface area (Å²) in [6.07, 6.45) is 0.610. The predicted molar refractivity (Wildman–Crippen MR) is 58.4 cm³/mol. The predicted octanol–water partition coefficient (Wildman–Crippen LogP) is 3.74. The van der Waals surface area contributed by atoms with Crippen molar-refractivity contribution in [2.45, 2.75) is 25.1 Å². The SMILES string of the molecule is CC.O=C1CC(Br)c2ccccc21. The summed E-state index contributed by atoms with van der Waals surface area (Å²) in [4.78, 5) is 11.5. The molecule has 1 nitrogen and oxygen atoms in total. The van der Waals surface area contributed by atoms with Gasteiger partial charge >= 0.3 is 0 Å². The number of ketones is 1. The number of hydrogen-bond acceptors (Lipinski definition) is 1. The molecule has 0 amide bonds. The fraction of sp³-hybridized carbons (Fsp3) is 0.364. The average molecular weight is 241 g/mol. The van der Waals surface area contributed by atoms with E-state index in [4.69, 9.17) is 0 Å². The van der Waals surface area contributed by atoms with E-state index in [-0.39, 0.29) is 10.6 Å². The van der Waals surface area contributed by atoms with E-state index in [1.165, 1.54) is 0 Å². The van der Waals surface area contributed by atoms with Crippen molar-refractivity contribution in [2.75, 3.05) is 0 Å². The highest BCUT2D eigenvalue weighted by atomic mass is 79.9. The van der Waals surface area contributed by atoms with Crippen LogP contribution in [0.2, 0.25) is 0 Å². The first kappa shape index (κ1) is 10.5. The van der Waals surface area contributed by atoms with Gasteiger partial charge in [-0.1, -0.05) is 54.0 Å². The molecule has 2 heteroatoms. The molecule has 1 aromatic rings. The van der Waals surface area contributed by atoms with Crippen LogP contribution in [0.5, 0.6) is 0 Å². The third-order valence-corrected chi connectivity index (χ3v) is 2.78. The van der Waals surface area contributed by atoms with Crippen molar-refractivity contribution in [1.29, 1.82) is 0 Å². The third kappa shape index (κ3) is 1.99. The first-order valence-electron chi connectivity index (χ1n) is 4.55. The average Bonchev–Trinajstić information content (AvgIpc) is 2.47. The van der Waals surface area contributed by atoms with Crippen molar-refractivity contribution in [2.24, 2.45) is 0 Å². The van der Waals surface area contributed by atoms with E-state index < -0.39 is 0 Å². The van der Waals surface area contributed by atoms with Crippen LogP contribution >= 0.6 is 15.9 Å². The minimum atomic E-state index is 0.242. The Balaban J connectivity index is 0.000000396. The summed E-state index contributed by atoms with van der Waals surface area (Å²) in [7, 11) is 0. The summed E-state index contributed by atoms with van der Waals surface area (Å²) in [6.45, 7) is 4.00. The van der Waals surface area contributed by atoms with Gasteiger partial charge in [-0.2, -0.15) is 0 Å². The van der Waals surface area contributed by atoms with Crippen molar-refractivity contribution in [1.82, 2.24) is 0 Å². The number of halogens is 1. The Morgan fingerprint density at radius 1 is 1.31 bits per heavy atom. The lowest BCUT2D eigenvalue weighted by Crippen LogP contribution is -1.88. The number of carbonyl (C=O) groups is 1. The summed E-state index contributed by atoms with van der Waals surface area (Å²) in [5.74, 6) is 0.252. The summed E-state index contributed by atoms with van der Waals surface area (Å²) in [6, 6.07) is 7.76. The molecule has 0 spiro atoms. The van der Waals surface area contributed by atoms with Crippen molar-refractivity contribution < 1.29 is 4.79 Å². The molecular weight excluding hydrogens is 228 g/mol. The van der Waals surface area contributed by atoms with Crippen LogP contribution in [0, 0.1) is 0 Å². The summed E-state index contributed by atoms with van der Waals surface area (Å²) in [5.41, 5.74) is 2.02. The van der Waals surface area contributed by atoms with Crippen LogP contribution in [0.1, 0.15) is 41.0 Å². The molecule has 0 saturated heterocycles. The lowest BCUT2D eigenvalue weighted by molar-refractivity contribution is 0.0994. The molecule has 70 valence electrons. The van der Waals surface area contributed by atoms with Crippen molar-refractivity contribution >= 4 is 21.7 Å². The first-order chi connectivity index (χ1) is 6.29. The van der Waals surface area contributed by atoms with E-state index in [9.17, 15) is 4.79 Å². The number of carbonyl (C=O) groups excluding carboxylic acids is 1. The van der Waals surface area contributed by atoms with Gasteiger partial charge in [-0.15, -0.1) is 0 Å². The molecule has 0 bridgehead atoms. The van der Waals surface area contributed by atoms with Crippen molar-refractivity contribution in [3.63, 3.8) is 0 Å². The molecule has 0 N–H and O–H groups in total. The Kier molecular flexibility index (Phi) is 3.67. The molecule has 0 heterocycles. The Bertz CT molecular complexity index is 307. The molecule has 1 atom stereocenters. The van der Waals surface area contributed by atoms with E-state index in [1.54, 1.807) is 0 Å². The molecule has 0 aromatic heterocycles. The highest BCUT2D eigenvalue weighted by molar-refractivity contribution is 9.09. The van der Waals surface area contributed by atoms with Crippen LogP contribution in [0.25, 0.3) is 0 Å². The van der Waals surface area contributed by atoms with Crippen molar-refractivity contribution in [3.05, 3.63) is 35.4 Å². The molecule has 0 radical (unpaired) electrons. The first-order valence-corrected chi connectivity index (χ1v) is 5.47. The summed E-state index contributed by atoms with van der Waals surface area (Å²) < 4.78 is 0. The number of benzene rings is 1. The maximum atomic E-state index is 11.2. The fourth-order valence-corrected chi connectivity index (χ4v) is 2.10. The monoisotopic (exact) mass is 240 g/mol. The Morgan fingerprint density at radius 3 is 2.54 bits per heavy atom. The maximum Gasteiger partial charge on any atom is 0.164 e. The van der Waals surface area contributed by atoms with Crippen molar-refractivity contribution in [3.8, 4) is 0 Å². The van der Waals surface area contributed by atoms with Gasteiger partial charge < -0.3 is 0 Å².